The molecule has 0 aliphatic carbocycles. The van der Waals surface area contributed by atoms with Crippen LogP contribution in [0.25, 0.3) is 16.7 Å². The van der Waals surface area contributed by atoms with E-state index >= 15 is 0 Å². The van der Waals surface area contributed by atoms with E-state index in [2.05, 4.69) is 15.3 Å². The summed E-state index contributed by atoms with van der Waals surface area (Å²) in [7, 11) is 0. The van der Waals surface area contributed by atoms with Crippen LogP contribution in [0.1, 0.15) is 22.0 Å². The largest absolute Gasteiger partial charge is 0.381 e. The lowest BCUT2D eigenvalue weighted by molar-refractivity contribution is -0.128. The van der Waals surface area contributed by atoms with Gasteiger partial charge >= 0.3 is 0 Å². The van der Waals surface area contributed by atoms with Gasteiger partial charge in [-0.15, -0.1) is 0 Å². The molecule has 3 aromatic carbocycles. The van der Waals surface area contributed by atoms with E-state index in [9.17, 15) is 14.7 Å². The summed E-state index contributed by atoms with van der Waals surface area (Å²) in [5.41, 5.74) is 3.64. The highest BCUT2D eigenvalue weighted by atomic mass is 16.3. The first-order chi connectivity index (χ1) is 17.5. The zero-order valence-electron chi connectivity index (χ0n) is 19.2. The minimum absolute atomic E-state index is 0.370. The number of hydrogen-bond donors (Lipinski definition) is 4. The number of H-pyrrole nitrogens is 1. The molecule has 0 spiro atoms. The lowest BCUT2D eigenvalue weighted by Crippen LogP contribution is -2.50. The van der Waals surface area contributed by atoms with Crippen molar-refractivity contribution in [1.82, 2.24) is 19.9 Å². The Hall–Kier alpha value is -4.73. The number of amides is 2. The summed E-state index contributed by atoms with van der Waals surface area (Å²) >= 11 is 0. The Morgan fingerprint density at radius 1 is 0.972 bits per heavy atom. The van der Waals surface area contributed by atoms with Crippen molar-refractivity contribution in [3.8, 4) is 5.69 Å². The van der Waals surface area contributed by atoms with Crippen LogP contribution in [-0.4, -0.2) is 37.6 Å². The Morgan fingerprint density at radius 2 is 1.69 bits per heavy atom. The number of fused-ring (bicyclic) bond motifs is 1. The minimum atomic E-state index is -1.64. The van der Waals surface area contributed by atoms with Crippen LogP contribution in [0.5, 0.6) is 0 Å². The molecule has 0 saturated carbocycles. The number of imidazole rings is 1. The molecule has 5 N–H and O–H groups in total. The smallest absolute Gasteiger partial charge is 0.272 e. The third kappa shape index (κ3) is 4.61. The van der Waals surface area contributed by atoms with E-state index < -0.39 is 24.0 Å². The predicted molar refractivity (Wildman–Crippen MR) is 136 cm³/mol. The van der Waals surface area contributed by atoms with Crippen LogP contribution in [0, 0.1) is 0 Å². The Balaban J connectivity index is 1.38. The van der Waals surface area contributed by atoms with Crippen LogP contribution in [0.2, 0.25) is 0 Å². The molecule has 0 fully saturated rings. The van der Waals surface area contributed by atoms with E-state index in [0.29, 0.717) is 22.3 Å². The van der Waals surface area contributed by atoms with Gasteiger partial charge in [0.1, 0.15) is 0 Å². The summed E-state index contributed by atoms with van der Waals surface area (Å²) in [5, 5.41) is 14.8. The molecule has 36 heavy (non-hydrogen) atoms. The molecule has 0 bridgehead atoms. The first-order valence-electron chi connectivity index (χ1n) is 11.3. The molecule has 0 saturated heterocycles. The molecule has 2 unspecified atom stereocenters. The van der Waals surface area contributed by atoms with Crippen LogP contribution in [-0.2, 0) is 4.79 Å². The number of carbonyl (C=O) groups is 2. The molecular formula is C27H24N6O3. The van der Waals surface area contributed by atoms with E-state index in [0.717, 1.165) is 16.2 Å². The van der Waals surface area contributed by atoms with E-state index in [1.54, 1.807) is 54.6 Å². The predicted octanol–water partition coefficient (Wildman–Crippen LogP) is 3.09. The molecule has 2 aromatic heterocycles. The lowest BCUT2D eigenvalue weighted by atomic mass is 9.99. The van der Waals surface area contributed by atoms with Crippen LogP contribution >= 0.6 is 0 Å². The monoisotopic (exact) mass is 480 g/mol. The number of hydrogen-bond acceptors (Lipinski definition) is 5. The number of nitrogens with zero attached hydrogens (tertiary/aromatic N) is 3. The summed E-state index contributed by atoms with van der Waals surface area (Å²) in [5.74, 6) is 4.89. The first kappa shape index (κ1) is 23.0. The van der Waals surface area contributed by atoms with Crippen molar-refractivity contribution in [1.29, 1.82) is 0 Å². The Kier molecular flexibility index (Phi) is 6.31. The number of aliphatic hydroxyl groups is 1. The molecule has 9 heteroatoms. The van der Waals surface area contributed by atoms with Gasteiger partial charge in [-0.05, 0) is 60.2 Å². The van der Waals surface area contributed by atoms with Gasteiger partial charge in [-0.25, -0.2) is 15.8 Å². The molecule has 2 amide bonds. The minimum Gasteiger partial charge on any atom is -0.381 e. The third-order valence-corrected chi connectivity index (χ3v) is 5.97. The lowest BCUT2D eigenvalue weighted by Gasteiger charge is -2.27. The highest BCUT2D eigenvalue weighted by molar-refractivity contribution is 5.99. The van der Waals surface area contributed by atoms with Crippen LogP contribution in [0.4, 0.5) is 5.69 Å². The molecule has 5 rings (SSSR count). The van der Waals surface area contributed by atoms with Crippen molar-refractivity contribution in [3.05, 3.63) is 115 Å². The number of aromatic nitrogens is 3. The maximum absolute atomic E-state index is 13.2. The van der Waals surface area contributed by atoms with Gasteiger partial charge in [0.25, 0.3) is 11.8 Å². The number of anilines is 1. The van der Waals surface area contributed by atoms with E-state index in [1.165, 1.54) is 6.33 Å². The molecule has 9 nitrogen and oxygen atoms in total. The molecule has 0 aliphatic heterocycles. The van der Waals surface area contributed by atoms with E-state index in [4.69, 9.17) is 5.84 Å². The molecule has 180 valence electrons. The van der Waals surface area contributed by atoms with Crippen molar-refractivity contribution in [2.45, 2.75) is 12.1 Å². The zero-order chi connectivity index (χ0) is 25.1. The van der Waals surface area contributed by atoms with E-state index in [-0.39, 0.29) is 0 Å². The Morgan fingerprint density at radius 3 is 2.42 bits per heavy atom. The number of nitrogens with two attached hydrogens (primary N) is 1. The zero-order valence-corrected chi connectivity index (χ0v) is 19.2. The summed E-state index contributed by atoms with van der Waals surface area (Å²) < 4.78 is 1.92. The van der Waals surface area contributed by atoms with Gasteiger partial charge in [0.05, 0.1) is 29.1 Å². The summed E-state index contributed by atoms with van der Waals surface area (Å²) in [6, 6.07) is 23.6. The Bertz CT molecular complexity index is 1480. The number of hydrazine groups is 1. The number of benzene rings is 3. The average Bonchev–Trinajstić information content (AvgIpc) is 3.63. The second kappa shape index (κ2) is 9.87. The maximum Gasteiger partial charge on any atom is 0.272 e. The van der Waals surface area contributed by atoms with E-state index in [1.807, 2.05) is 47.3 Å². The van der Waals surface area contributed by atoms with Crippen molar-refractivity contribution >= 4 is 28.5 Å². The molecule has 2 heterocycles. The van der Waals surface area contributed by atoms with Crippen molar-refractivity contribution in [3.63, 3.8) is 0 Å². The van der Waals surface area contributed by atoms with Gasteiger partial charge in [-0.2, -0.15) is 0 Å². The van der Waals surface area contributed by atoms with Gasteiger partial charge in [-0.1, -0.05) is 30.3 Å². The summed E-state index contributed by atoms with van der Waals surface area (Å²) in [6.07, 6.45) is 3.71. The molecule has 2 atom stereocenters. The van der Waals surface area contributed by atoms with Crippen LogP contribution in [0.3, 0.4) is 0 Å². The van der Waals surface area contributed by atoms with Crippen molar-refractivity contribution in [2.75, 3.05) is 5.01 Å². The number of aromatic amines is 1. The van der Waals surface area contributed by atoms with Gasteiger partial charge in [0.15, 0.2) is 6.10 Å². The fourth-order valence-electron chi connectivity index (χ4n) is 4.01. The standard InChI is InChI=1S/C27H24N6O3/c28-33(21-12-13-22-23(16-21)30-17-29-22)27(36)25(34)24(18-6-2-1-3-7-18)31-26(35)19-8-10-20(11-9-19)32-14-4-5-15-32/h1-17,24-25,34H,28H2,(H,29,30)(H,31,35). The van der Waals surface area contributed by atoms with Crippen molar-refractivity contribution < 1.29 is 14.7 Å². The SMILES string of the molecule is NN(C(=O)C(O)C(NC(=O)c1ccc(-n2cccc2)cc1)c1ccccc1)c1ccc2nc[nH]c2c1. The van der Waals surface area contributed by atoms with Gasteiger partial charge < -0.3 is 20.0 Å². The molecular weight excluding hydrogens is 456 g/mol. The number of aliphatic hydroxyl groups excluding tert-OH is 1. The summed E-state index contributed by atoms with van der Waals surface area (Å²) in [4.78, 5) is 33.4. The van der Waals surface area contributed by atoms with Gasteiger partial charge in [-0.3, -0.25) is 9.59 Å². The second-order valence-corrected chi connectivity index (χ2v) is 8.26. The fourth-order valence-corrected chi connectivity index (χ4v) is 4.01. The molecule has 5 aromatic rings. The maximum atomic E-state index is 13.2. The number of nitrogens with one attached hydrogen (secondary N) is 2. The number of rotatable bonds is 7. The molecule has 0 aliphatic rings. The Labute approximate surface area is 206 Å². The normalized spacial score (nSPS) is 12.7. The number of carbonyl (C=O) groups excluding carboxylic acids is 2. The van der Waals surface area contributed by atoms with Gasteiger partial charge in [0, 0.05) is 23.6 Å². The molecule has 0 radical (unpaired) electrons. The second-order valence-electron chi connectivity index (χ2n) is 8.26. The quantitative estimate of drug-likeness (QED) is 0.162. The highest BCUT2D eigenvalue weighted by Gasteiger charge is 2.32. The topological polar surface area (TPSA) is 129 Å². The van der Waals surface area contributed by atoms with Crippen LogP contribution < -0.4 is 16.2 Å². The first-order valence-corrected chi connectivity index (χ1v) is 11.3. The van der Waals surface area contributed by atoms with Crippen LogP contribution in [0.15, 0.2) is 104 Å². The fraction of sp³-hybridized carbons (Fsp3) is 0.0741. The summed E-state index contributed by atoms with van der Waals surface area (Å²) in [6.45, 7) is 0. The third-order valence-electron chi connectivity index (χ3n) is 5.97. The van der Waals surface area contributed by atoms with Crippen molar-refractivity contribution in [2.24, 2.45) is 5.84 Å². The van der Waals surface area contributed by atoms with Gasteiger partial charge in [0.2, 0.25) is 0 Å². The highest BCUT2D eigenvalue weighted by Crippen LogP contribution is 2.23. The average molecular weight is 481 g/mol.